The maximum Gasteiger partial charge on any atom is 0.270 e. The minimum absolute atomic E-state index is 0.101. The molecule has 0 spiro atoms. The van der Waals surface area contributed by atoms with E-state index >= 15 is 0 Å². The van der Waals surface area contributed by atoms with Gasteiger partial charge in [0, 0.05) is 25.8 Å². The molecule has 1 fully saturated rings. The first-order valence-electron chi connectivity index (χ1n) is 5.40. The first kappa shape index (κ1) is 10.9. The Morgan fingerprint density at radius 2 is 2.12 bits per heavy atom. The zero-order valence-electron chi connectivity index (χ0n) is 9.82. The van der Waals surface area contributed by atoms with E-state index in [2.05, 4.69) is 15.3 Å². The summed E-state index contributed by atoms with van der Waals surface area (Å²) in [6.45, 7) is 1.86. The van der Waals surface area contributed by atoms with E-state index in [1.807, 2.05) is 21.0 Å². The van der Waals surface area contributed by atoms with Gasteiger partial charge >= 0.3 is 0 Å². The van der Waals surface area contributed by atoms with Crippen LogP contribution in [0.2, 0.25) is 0 Å². The second-order valence-electron chi connectivity index (χ2n) is 4.34. The van der Waals surface area contributed by atoms with Crippen molar-refractivity contribution in [2.45, 2.75) is 25.8 Å². The molecule has 1 saturated carbocycles. The van der Waals surface area contributed by atoms with Crippen LogP contribution >= 0.6 is 0 Å². The molecule has 0 radical (unpaired) electrons. The number of nitrogens with zero attached hydrogens (tertiary/aromatic N) is 3. The molecular weight excluding hydrogens is 204 g/mol. The molecule has 1 heterocycles. The van der Waals surface area contributed by atoms with Gasteiger partial charge in [-0.05, 0) is 25.8 Å². The molecule has 1 aliphatic rings. The summed E-state index contributed by atoms with van der Waals surface area (Å²) < 4.78 is 0. The van der Waals surface area contributed by atoms with Crippen molar-refractivity contribution in [3.63, 3.8) is 0 Å². The van der Waals surface area contributed by atoms with Gasteiger partial charge in [0.15, 0.2) is 0 Å². The van der Waals surface area contributed by atoms with Gasteiger partial charge in [0.05, 0.1) is 0 Å². The molecule has 1 aliphatic carbocycles. The van der Waals surface area contributed by atoms with E-state index in [4.69, 9.17) is 0 Å². The Hall–Kier alpha value is -1.65. The minimum Gasteiger partial charge on any atom is -0.348 e. The molecule has 0 bridgehead atoms. The Kier molecular flexibility index (Phi) is 2.77. The largest absolute Gasteiger partial charge is 0.348 e. The van der Waals surface area contributed by atoms with Crippen molar-refractivity contribution in [3.8, 4) is 0 Å². The number of aryl methyl sites for hydroxylation is 1. The summed E-state index contributed by atoms with van der Waals surface area (Å²) in [6, 6.07) is 2.07. The standard InChI is InChI=1S/C11H16N4O/c1-7-6-9(10(16)13-8-4-5-8)14-11(12-7)15(2)3/h6,8H,4-5H2,1-3H3,(H,13,16). The lowest BCUT2D eigenvalue weighted by atomic mass is 10.3. The summed E-state index contributed by atoms with van der Waals surface area (Å²) >= 11 is 0. The van der Waals surface area contributed by atoms with Crippen LogP contribution in [0.1, 0.15) is 29.0 Å². The summed E-state index contributed by atoms with van der Waals surface area (Å²) in [6.07, 6.45) is 2.16. The third kappa shape index (κ3) is 2.48. The Bertz CT molecular complexity index is 412. The maximum absolute atomic E-state index is 11.8. The first-order valence-corrected chi connectivity index (χ1v) is 5.40. The van der Waals surface area contributed by atoms with Gasteiger partial charge in [0.2, 0.25) is 5.95 Å². The molecule has 2 rings (SSSR count). The van der Waals surface area contributed by atoms with Crippen molar-refractivity contribution < 1.29 is 4.79 Å². The molecule has 0 atom stereocenters. The lowest BCUT2D eigenvalue weighted by molar-refractivity contribution is 0.0946. The van der Waals surface area contributed by atoms with Crippen LogP contribution < -0.4 is 10.2 Å². The quantitative estimate of drug-likeness (QED) is 0.816. The van der Waals surface area contributed by atoms with Crippen LogP contribution in [0, 0.1) is 6.92 Å². The Morgan fingerprint density at radius 3 is 2.69 bits per heavy atom. The lowest BCUT2D eigenvalue weighted by Crippen LogP contribution is -2.27. The van der Waals surface area contributed by atoms with Gasteiger partial charge in [0.25, 0.3) is 5.91 Å². The smallest absolute Gasteiger partial charge is 0.270 e. The van der Waals surface area contributed by atoms with Gasteiger partial charge < -0.3 is 10.2 Å². The van der Waals surface area contributed by atoms with Crippen LogP contribution in [0.3, 0.4) is 0 Å². The zero-order chi connectivity index (χ0) is 11.7. The molecule has 16 heavy (non-hydrogen) atoms. The molecule has 1 amide bonds. The van der Waals surface area contributed by atoms with Crippen molar-refractivity contribution in [3.05, 3.63) is 17.5 Å². The van der Waals surface area contributed by atoms with E-state index in [1.54, 1.807) is 11.0 Å². The van der Waals surface area contributed by atoms with Gasteiger partial charge in [-0.3, -0.25) is 4.79 Å². The number of hydrogen-bond donors (Lipinski definition) is 1. The molecule has 1 aromatic heterocycles. The molecule has 0 saturated heterocycles. The fourth-order valence-corrected chi connectivity index (χ4v) is 1.36. The first-order chi connectivity index (χ1) is 7.56. The highest BCUT2D eigenvalue weighted by Gasteiger charge is 2.24. The SMILES string of the molecule is Cc1cc(C(=O)NC2CC2)nc(N(C)C)n1. The zero-order valence-corrected chi connectivity index (χ0v) is 9.82. The fourth-order valence-electron chi connectivity index (χ4n) is 1.36. The predicted molar refractivity (Wildman–Crippen MR) is 61.6 cm³/mol. The van der Waals surface area contributed by atoms with Crippen LogP contribution in [-0.2, 0) is 0 Å². The third-order valence-electron chi connectivity index (χ3n) is 2.39. The summed E-state index contributed by atoms with van der Waals surface area (Å²) in [7, 11) is 3.72. The Balaban J connectivity index is 2.21. The highest BCUT2D eigenvalue weighted by Crippen LogP contribution is 2.19. The lowest BCUT2D eigenvalue weighted by Gasteiger charge is -2.12. The normalized spacial score (nSPS) is 14.7. The Labute approximate surface area is 94.9 Å². The van der Waals surface area contributed by atoms with Crippen molar-refractivity contribution in [1.29, 1.82) is 0 Å². The van der Waals surface area contributed by atoms with Crippen molar-refractivity contribution in [2.24, 2.45) is 0 Å². The van der Waals surface area contributed by atoms with Crippen LogP contribution in [0.4, 0.5) is 5.95 Å². The average Bonchev–Trinajstić information content (AvgIpc) is 3.00. The predicted octanol–water partition coefficient (Wildman–Crippen LogP) is 0.743. The number of anilines is 1. The molecule has 5 heteroatoms. The number of amides is 1. The summed E-state index contributed by atoms with van der Waals surface area (Å²) in [5.74, 6) is 0.469. The number of rotatable bonds is 3. The van der Waals surface area contributed by atoms with Crippen molar-refractivity contribution in [2.75, 3.05) is 19.0 Å². The van der Waals surface area contributed by atoms with E-state index < -0.39 is 0 Å². The maximum atomic E-state index is 11.8. The van der Waals surface area contributed by atoms with Crippen LogP contribution in [0.5, 0.6) is 0 Å². The van der Waals surface area contributed by atoms with E-state index in [1.165, 1.54) is 0 Å². The number of aromatic nitrogens is 2. The Morgan fingerprint density at radius 1 is 1.44 bits per heavy atom. The monoisotopic (exact) mass is 220 g/mol. The number of carbonyl (C=O) groups excluding carboxylic acids is 1. The second-order valence-corrected chi connectivity index (χ2v) is 4.34. The van der Waals surface area contributed by atoms with Gasteiger partial charge in [-0.15, -0.1) is 0 Å². The molecule has 0 aliphatic heterocycles. The molecule has 0 aromatic carbocycles. The van der Waals surface area contributed by atoms with Gasteiger partial charge in [0.1, 0.15) is 5.69 Å². The van der Waals surface area contributed by atoms with E-state index in [0.29, 0.717) is 17.7 Å². The van der Waals surface area contributed by atoms with Crippen LogP contribution in [-0.4, -0.2) is 36.0 Å². The van der Waals surface area contributed by atoms with Crippen LogP contribution in [0.15, 0.2) is 6.07 Å². The molecule has 86 valence electrons. The molecule has 1 N–H and O–H groups in total. The fraction of sp³-hybridized carbons (Fsp3) is 0.545. The van der Waals surface area contributed by atoms with Gasteiger partial charge in [-0.25, -0.2) is 9.97 Å². The van der Waals surface area contributed by atoms with Gasteiger partial charge in [-0.1, -0.05) is 0 Å². The van der Waals surface area contributed by atoms with E-state index in [-0.39, 0.29) is 5.91 Å². The summed E-state index contributed by atoms with van der Waals surface area (Å²) in [4.78, 5) is 22.1. The molecule has 5 nitrogen and oxygen atoms in total. The average molecular weight is 220 g/mol. The highest BCUT2D eigenvalue weighted by atomic mass is 16.2. The summed E-state index contributed by atoms with van der Waals surface area (Å²) in [5, 5.41) is 2.92. The molecule has 0 unspecified atom stereocenters. The topological polar surface area (TPSA) is 58.1 Å². The summed E-state index contributed by atoms with van der Waals surface area (Å²) in [5.41, 5.74) is 1.25. The minimum atomic E-state index is -0.101. The number of nitrogens with one attached hydrogen (secondary N) is 1. The van der Waals surface area contributed by atoms with E-state index in [0.717, 1.165) is 18.5 Å². The molecule has 1 aromatic rings. The van der Waals surface area contributed by atoms with Crippen LogP contribution in [0.25, 0.3) is 0 Å². The highest BCUT2D eigenvalue weighted by molar-refractivity contribution is 5.93. The van der Waals surface area contributed by atoms with Crippen molar-refractivity contribution >= 4 is 11.9 Å². The van der Waals surface area contributed by atoms with E-state index in [9.17, 15) is 4.79 Å². The number of hydrogen-bond acceptors (Lipinski definition) is 4. The number of carbonyl (C=O) groups is 1. The third-order valence-corrected chi connectivity index (χ3v) is 2.39. The molecular formula is C11H16N4O. The second kappa shape index (κ2) is 4.08. The van der Waals surface area contributed by atoms with Gasteiger partial charge in [-0.2, -0.15) is 0 Å². The van der Waals surface area contributed by atoms with Crippen molar-refractivity contribution in [1.82, 2.24) is 15.3 Å².